The van der Waals surface area contributed by atoms with E-state index in [1.165, 1.54) is 0 Å². The molecule has 0 saturated carbocycles. The minimum absolute atomic E-state index is 0.0465. The van der Waals surface area contributed by atoms with Crippen molar-refractivity contribution in [3.63, 3.8) is 0 Å². The molecule has 1 aromatic rings. The lowest BCUT2D eigenvalue weighted by Gasteiger charge is -2.44. The quantitative estimate of drug-likeness (QED) is 0.806. The molecule has 0 radical (unpaired) electrons. The molecule has 3 atom stereocenters. The van der Waals surface area contributed by atoms with Gasteiger partial charge in [0.15, 0.2) is 0 Å². The molecule has 0 N–H and O–H groups in total. The molecule has 1 aromatic heterocycles. The van der Waals surface area contributed by atoms with E-state index in [0.29, 0.717) is 6.61 Å². The van der Waals surface area contributed by atoms with Crippen LogP contribution in [-0.2, 0) is 9.53 Å². The van der Waals surface area contributed by atoms with E-state index in [4.69, 9.17) is 4.74 Å². The zero-order valence-electron chi connectivity index (χ0n) is 12.6. The largest absolute Gasteiger partial charge is 0.378 e. The number of piperidine rings is 1. The Hall–Kier alpha value is -1.69. The number of carbonyl (C=O) groups excluding carboxylic acids is 1. The van der Waals surface area contributed by atoms with Crippen molar-refractivity contribution in [1.82, 2.24) is 14.9 Å². The SMILES string of the molecule is CN(C)C(=O)[C@@H]1CCO[C@@H]2CCN(c3ncccn3)C[C@H]21. The molecule has 0 aliphatic carbocycles. The lowest BCUT2D eigenvalue weighted by Crippen LogP contribution is -2.53. The Labute approximate surface area is 125 Å². The average Bonchev–Trinajstić information content (AvgIpc) is 2.54. The van der Waals surface area contributed by atoms with Crippen LogP contribution in [0.25, 0.3) is 0 Å². The Kier molecular flexibility index (Phi) is 4.05. The molecule has 21 heavy (non-hydrogen) atoms. The molecule has 0 spiro atoms. The van der Waals surface area contributed by atoms with Crippen LogP contribution in [0.15, 0.2) is 18.5 Å². The number of anilines is 1. The summed E-state index contributed by atoms with van der Waals surface area (Å²) in [4.78, 5) is 24.9. The fourth-order valence-electron chi connectivity index (χ4n) is 3.39. The van der Waals surface area contributed by atoms with E-state index in [2.05, 4.69) is 14.9 Å². The molecule has 2 aliphatic heterocycles. The zero-order valence-corrected chi connectivity index (χ0v) is 12.6. The third-order valence-electron chi connectivity index (χ3n) is 4.46. The monoisotopic (exact) mass is 290 g/mol. The van der Waals surface area contributed by atoms with E-state index in [0.717, 1.165) is 31.9 Å². The molecule has 2 fully saturated rings. The lowest BCUT2D eigenvalue weighted by atomic mass is 9.79. The van der Waals surface area contributed by atoms with Gasteiger partial charge in [-0.2, -0.15) is 0 Å². The highest BCUT2D eigenvalue weighted by atomic mass is 16.5. The van der Waals surface area contributed by atoms with Crippen LogP contribution in [0.3, 0.4) is 0 Å². The van der Waals surface area contributed by atoms with Gasteiger partial charge in [-0.15, -0.1) is 0 Å². The summed E-state index contributed by atoms with van der Waals surface area (Å²) in [7, 11) is 3.65. The normalized spacial score (nSPS) is 28.9. The molecule has 0 unspecified atom stereocenters. The maximum absolute atomic E-state index is 12.4. The molecule has 3 heterocycles. The summed E-state index contributed by atoms with van der Waals surface area (Å²) < 4.78 is 5.89. The van der Waals surface area contributed by atoms with Gasteiger partial charge < -0.3 is 14.5 Å². The first-order chi connectivity index (χ1) is 10.2. The third kappa shape index (κ3) is 2.85. The Morgan fingerprint density at radius 1 is 1.33 bits per heavy atom. The minimum atomic E-state index is 0.0465. The van der Waals surface area contributed by atoms with Crippen molar-refractivity contribution in [2.24, 2.45) is 11.8 Å². The van der Waals surface area contributed by atoms with Gasteiger partial charge in [0, 0.05) is 58.0 Å². The number of ether oxygens (including phenoxy) is 1. The number of aromatic nitrogens is 2. The van der Waals surface area contributed by atoms with Gasteiger partial charge in [0.25, 0.3) is 0 Å². The first-order valence-electron chi connectivity index (χ1n) is 7.51. The molecule has 1 amide bonds. The van der Waals surface area contributed by atoms with Gasteiger partial charge in [-0.3, -0.25) is 4.79 Å². The van der Waals surface area contributed by atoms with Crippen LogP contribution in [0.5, 0.6) is 0 Å². The van der Waals surface area contributed by atoms with Gasteiger partial charge in [-0.1, -0.05) is 0 Å². The number of hydrogen-bond acceptors (Lipinski definition) is 5. The molecule has 6 heteroatoms. The second-order valence-corrected chi connectivity index (χ2v) is 5.98. The first-order valence-corrected chi connectivity index (χ1v) is 7.51. The second kappa shape index (κ2) is 5.97. The molecule has 3 rings (SSSR count). The summed E-state index contributed by atoms with van der Waals surface area (Å²) in [6, 6.07) is 1.82. The highest BCUT2D eigenvalue weighted by Crippen LogP contribution is 2.34. The molecular weight excluding hydrogens is 268 g/mol. The van der Waals surface area contributed by atoms with Gasteiger partial charge >= 0.3 is 0 Å². The average molecular weight is 290 g/mol. The fourth-order valence-corrected chi connectivity index (χ4v) is 3.39. The van der Waals surface area contributed by atoms with E-state index < -0.39 is 0 Å². The maximum Gasteiger partial charge on any atom is 0.225 e. The van der Waals surface area contributed by atoms with Crippen LogP contribution >= 0.6 is 0 Å². The lowest BCUT2D eigenvalue weighted by molar-refractivity contribution is -0.144. The van der Waals surface area contributed by atoms with Gasteiger partial charge in [-0.05, 0) is 18.9 Å². The van der Waals surface area contributed by atoms with Crippen LogP contribution in [0, 0.1) is 11.8 Å². The van der Waals surface area contributed by atoms with E-state index in [1.807, 2.05) is 20.2 Å². The summed E-state index contributed by atoms with van der Waals surface area (Å²) in [6.07, 6.45) is 5.44. The van der Waals surface area contributed by atoms with Crippen molar-refractivity contribution in [2.75, 3.05) is 38.7 Å². The van der Waals surface area contributed by atoms with Crippen LogP contribution in [0.4, 0.5) is 5.95 Å². The predicted octanol–water partition coefficient (Wildman–Crippen LogP) is 0.796. The van der Waals surface area contributed by atoms with Crippen LogP contribution in [0.2, 0.25) is 0 Å². The summed E-state index contributed by atoms with van der Waals surface area (Å²) in [5.74, 6) is 1.23. The summed E-state index contributed by atoms with van der Waals surface area (Å²) >= 11 is 0. The van der Waals surface area contributed by atoms with Crippen molar-refractivity contribution in [2.45, 2.75) is 18.9 Å². The van der Waals surface area contributed by atoms with Gasteiger partial charge in [0.05, 0.1) is 6.10 Å². The molecular formula is C15H22N4O2. The van der Waals surface area contributed by atoms with Gasteiger partial charge in [-0.25, -0.2) is 9.97 Å². The van der Waals surface area contributed by atoms with Crippen molar-refractivity contribution >= 4 is 11.9 Å². The number of carbonyl (C=O) groups is 1. The first kappa shape index (κ1) is 14.3. The number of hydrogen-bond donors (Lipinski definition) is 0. The van der Waals surface area contributed by atoms with Gasteiger partial charge in [0.1, 0.15) is 0 Å². The number of nitrogens with zero attached hydrogens (tertiary/aromatic N) is 4. The highest BCUT2D eigenvalue weighted by molar-refractivity contribution is 5.79. The van der Waals surface area contributed by atoms with Gasteiger partial charge in [0.2, 0.25) is 11.9 Å². The smallest absolute Gasteiger partial charge is 0.225 e. The van der Waals surface area contributed by atoms with E-state index >= 15 is 0 Å². The molecule has 2 aliphatic rings. The standard InChI is InChI=1S/C15H22N4O2/c1-18(2)14(20)11-5-9-21-13-4-8-19(10-12(11)13)15-16-6-3-7-17-15/h3,6-7,11-13H,4-5,8-10H2,1-2H3/t11-,12+,13-/m1/s1. The van der Waals surface area contributed by atoms with Crippen molar-refractivity contribution < 1.29 is 9.53 Å². The number of amides is 1. The van der Waals surface area contributed by atoms with E-state index in [9.17, 15) is 4.79 Å². The summed E-state index contributed by atoms with van der Waals surface area (Å²) in [5.41, 5.74) is 0. The summed E-state index contributed by atoms with van der Waals surface area (Å²) in [5, 5.41) is 0. The molecule has 2 saturated heterocycles. The Bertz CT molecular complexity index is 494. The molecule has 0 aromatic carbocycles. The van der Waals surface area contributed by atoms with Crippen LogP contribution in [0.1, 0.15) is 12.8 Å². The van der Waals surface area contributed by atoms with Crippen molar-refractivity contribution in [3.8, 4) is 0 Å². The second-order valence-electron chi connectivity index (χ2n) is 5.98. The van der Waals surface area contributed by atoms with Crippen molar-refractivity contribution in [1.29, 1.82) is 0 Å². The van der Waals surface area contributed by atoms with Crippen LogP contribution in [-0.4, -0.2) is 60.7 Å². The predicted molar refractivity (Wildman–Crippen MR) is 78.9 cm³/mol. The maximum atomic E-state index is 12.4. The van der Waals surface area contributed by atoms with Crippen LogP contribution < -0.4 is 4.90 Å². The molecule has 0 bridgehead atoms. The highest BCUT2D eigenvalue weighted by Gasteiger charge is 2.42. The fraction of sp³-hybridized carbons (Fsp3) is 0.667. The Morgan fingerprint density at radius 3 is 2.81 bits per heavy atom. The number of fused-ring (bicyclic) bond motifs is 1. The van der Waals surface area contributed by atoms with E-state index in [1.54, 1.807) is 17.3 Å². The topological polar surface area (TPSA) is 58.6 Å². The zero-order chi connectivity index (χ0) is 14.8. The minimum Gasteiger partial charge on any atom is -0.378 e. The Morgan fingerprint density at radius 2 is 2.10 bits per heavy atom. The molecule has 114 valence electrons. The summed E-state index contributed by atoms with van der Waals surface area (Å²) in [6.45, 7) is 2.36. The Balaban J connectivity index is 1.77. The van der Waals surface area contributed by atoms with Crippen molar-refractivity contribution in [3.05, 3.63) is 18.5 Å². The van der Waals surface area contributed by atoms with E-state index in [-0.39, 0.29) is 23.8 Å². The third-order valence-corrected chi connectivity index (χ3v) is 4.46. The number of rotatable bonds is 2. The molecule has 6 nitrogen and oxygen atoms in total.